The smallest absolute Gasteiger partial charge is 0.408 e. The van der Waals surface area contributed by atoms with E-state index in [4.69, 9.17) is 10.5 Å². The normalized spacial score (nSPS) is 12.5. The molecule has 2 heterocycles. The van der Waals surface area contributed by atoms with Gasteiger partial charge in [0.1, 0.15) is 39.7 Å². The summed E-state index contributed by atoms with van der Waals surface area (Å²) in [5.74, 6) is -0.454. The number of nitrogens with two attached hydrogens (primary N) is 1. The summed E-state index contributed by atoms with van der Waals surface area (Å²) in [5, 5.41) is 2.67. The lowest BCUT2D eigenvalue weighted by atomic mass is 10.1. The maximum atomic E-state index is 14.4. The number of carbonyl (C=O) groups excluding carboxylic acids is 1. The standard InChI is InChI=1S/C22H24FN3O3.C17H16FN3O/c1-5-16(25-21(28)29-22(2,3)4)19-24-17-13-9-12-15(23)18(17)20(27)26(19)14-10-7-6-8-11-14;1-2-13(19)16-20-14-10-6-9-12(18)15(14)17(22)21(16)11-7-4-3-5-8-11/h6-13,16H,5H2,1-4H3,(H,25,28);3-10,13H,2,19H2,1H3/t16-;13-/m00/s1. The van der Waals surface area contributed by atoms with Gasteiger partial charge in [-0.25, -0.2) is 23.5 Å². The van der Waals surface area contributed by atoms with Crippen molar-refractivity contribution in [1.29, 1.82) is 0 Å². The highest BCUT2D eigenvalue weighted by Gasteiger charge is 2.25. The van der Waals surface area contributed by atoms with Crippen LogP contribution in [0.15, 0.2) is 107 Å². The Hall–Kier alpha value is -5.75. The van der Waals surface area contributed by atoms with E-state index in [9.17, 15) is 23.2 Å². The molecular formula is C39H40F2N6O4. The van der Waals surface area contributed by atoms with Gasteiger partial charge in [-0.2, -0.15) is 0 Å². The number of aromatic nitrogens is 4. The van der Waals surface area contributed by atoms with Crippen LogP contribution in [0.25, 0.3) is 33.2 Å². The van der Waals surface area contributed by atoms with Gasteiger partial charge in [-0.3, -0.25) is 18.7 Å². The molecule has 3 N–H and O–H groups in total. The fraction of sp³-hybridized carbons (Fsp3) is 0.256. The number of amides is 1. The van der Waals surface area contributed by atoms with Gasteiger partial charge < -0.3 is 15.8 Å². The Kier molecular flexibility index (Phi) is 11.0. The zero-order valence-corrected chi connectivity index (χ0v) is 29.1. The zero-order chi connectivity index (χ0) is 36.9. The number of nitrogens with zero attached hydrogens (tertiary/aromatic N) is 4. The van der Waals surface area contributed by atoms with Gasteiger partial charge in [0.15, 0.2) is 0 Å². The maximum Gasteiger partial charge on any atom is 0.408 e. The van der Waals surface area contributed by atoms with Crippen LogP contribution in [0, 0.1) is 11.6 Å². The van der Waals surface area contributed by atoms with E-state index in [0.717, 1.165) is 0 Å². The molecule has 4 aromatic carbocycles. The molecule has 51 heavy (non-hydrogen) atoms. The molecule has 12 heteroatoms. The molecule has 0 radical (unpaired) electrons. The Bertz CT molecular complexity index is 2290. The fourth-order valence-corrected chi connectivity index (χ4v) is 5.53. The van der Waals surface area contributed by atoms with Crippen molar-refractivity contribution in [2.24, 2.45) is 5.73 Å². The summed E-state index contributed by atoms with van der Waals surface area (Å²) >= 11 is 0. The summed E-state index contributed by atoms with van der Waals surface area (Å²) in [6.45, 7) is 9.08. The average Bonchev–Trinajstić information content (AvgIpc) is 3.10. The van der Waals surface area contributed by atoms with Gasteiger partial charge in [0, 0.05) is 0 Å². The first-order valence-electron chi connectivity index (χ1n) is 16.6. The van der Waals surface area contributed by atoms with Crippen molar-refractivity contribution in [2.45, 2.75) is 65.1 Å². The molecule has 0 spiro atoms. The second kappa shape index (κ2) is 15.4. The van der Waals surface area contributed by atoms with E-state index in [-0.39, 0.29) is 16.3 Å². The van der Waals surface area contributed by atoms with Gasteiger partial charge >= 0.3 is 6.09 Å². The van der Waals surface area contributed by atoms with Crippen molar-refractivity contribution in [3.05, 3.63) is 141 Å². The molecule has 2 atom stereocenters. The highest BCUT2D eigenvalue weighted by molar-refractivity contribution is 5.79. The molecule has 1 amide bonds. The van der Waals surface area contributed by atoms with Crippen molar-refractivity contribution in [1.82, 2.24) is 24.4 Å². The number of ether oxygens (including phenoxy) is 1. The lowest BCUT2D eigenvalue weighted by molar-refractivity contribution is 0.0499. The lowest BCUT2D eigenvalue weighted by Crippen LogP contribution is -2.37. The molecule has 6 rings (SSSR count). The summed E-state index contributed by atoms with van der Waals surface area (Å²) in [7, 11) is 0. The van der Waals surface area contributed by atoms with Crippen molar-refractivity contribution in [3.63, 3.8) is 0 Å². The first kappa shape index (κ1) is 36.5. The monoisotopic (exact) mass is 694 g/mol. The van der Waals surface area contributed by atoms with Gasteiger partial charge in [-0.05, 0) is 82.1 Å². The summed E-state index contributed by atoms with van der Waals surface area (Å²) < 4.78 is 36.6. The van der Waals surface area contributed by atoms with Gasteiger partial charge in [0.2, 0.25) is 0 Å². The van der Waals surface area contributed by atoms with Crippen LogP contribution in [-0.4, -0.2) is 30.8 Å². The van der Waals surface area contributed by atoms with Gasteiger partial charge in [-0.15, -0.1) is 0 Å². The molecule has 0 aliphatic heterocycles. The quantitative estimate of drug-likeness (QED) is 0.177. The first-order valence-corrected chi connectivity index (χ1v) is 16.6. The van der Waals surface area contributed by atoms with Crippen LogP contribution >= 0.6 is 0 Å². The van der Waals surface area contributed by atoms with Crippen molar-refractivity contribution in [2.75, 3.05) is 0 Å². The third kappa shape index (κ3) is 8.02. The number of rotatable bonds is 7. The average molecular weight is 695 g/mol. The molecule has 2 aromatic heterocycles. The summed E-state index contributed by atoms with van der Waals surface area (Å²) in [6, 6.07) is 25.6. The van der Waals surface area contributed by atoms with Crippen LogP contribution in [0.2, 0.25) is 0 Å². The Morgan fingerprint density at radius 2 is 1.18 bits per heavy atom. The fourth-order valence-electron chi connectivity index (χ4n) is 5.53. The van der Waals surface area contributed by atoms with E-state index in [1.54, 1.807) is 69.3 Å². The molecular weight excluding hydrogens is 654 g/mol. The number of hydrogen-bond acceptors (Lipinski definition) is 7. The minimum atomic E-state index is -0.665. The van der Waals surface area contributed by atoms with Gasteiger partial charge in [-0.1, -0.05) is 62.4 Å². The number of carbonyl (C=O) groups is 1. The van der Waals surface area contributed by atoms with Crippen molar-refractivity contribution >= 4 is 27.9 Å². The SMILES string of the molecule is CC[C@H](N)c1nc2cccc(F)c2c(=O)n1-c1ccccc1.CC[C@H](NC(=O)OC(C)(C)C)c1nc2cccc(F)c2c(=O)n1-c1ccccc1. The molecule has 0 saturated carbocycles. The van der Waals surface area contributed by atoms with E-state index in [1.807, 2.05) is 38.1 Å². The third-order valence-corrected chi connectivity index (χ3v) is 7.96. The van der Waals surface area contributed by atoms with Crippen LogP contribution in [0.4, 0.5) is 13.6 Å². The molecule has 6 aromatic rings. The number of para-hydroxylation sites is 2. The van der Waals surface area contributed by atoms with E-state index in [0.29, 0.717) is 41.4 Å². The number of nitrogens with one attached hydrogen (secondary N) is 1. The summed E-state index contributed by atoms with van der Waals surface area (Å²) in [4.78, 5) is 47.4. The summed E-state index contributed by atoms with van der Waals surface area (Å²) in [5.41, 5.74) is 6.22. The Morgan fingerprint density at radius 1 is 0.725 bits per heavy atom. The largest absolute Gasteiger partial charge is 0.444 e. The number of hydrogen-bond donors (Lipinski definition) is 2. The molecule has 0 aliphatic rings. The Labute approximate surface area is 293 Å². The molecule has 10 nitrogen and oxygen atoms in total. The topological polar surface area (TPSA) is 134 Å². The molecule has 0 fully saturated rings. The predicted molar refractivity (Wildman–Crippen MR) is 194 cm³/mol. The van der Waals surface area contributed by atoms with Crippen molar-refractivity contribution in [3.8, 4) is 11.4 Å². The second-order valence-electron chi connectivity index (χ2n) is 12.8. The highest BCUT2D eigenvalue weighted by Crippen LogP contribution is 2.23. The minimum Gasteiger partial charge on any atom is -0.444 e. The summed E-state index contributed by atoms with van der Waals surface area (Å²) in [6.07, 6.45) is 0.469. The van der Waals surface area contributed by atoms with Gasteiger partial charge in [0.05, 0.1) is 34.5 Å². The maximum absolute atomic E-state index is 14.4. The van der Waals surface area contributed by atoms with Crippen LogP contribution in [0.1, 0.15) is 71.2 Å². The molecule has 0 saturated heterocycles. The van der Waals surface area contributed by atoms with E-state index in [2.05, 4.69) is 15.3 Å². The third-order valence-electron chi connectivity index (χ3n) is 7.96. The number of fused-ring (bicyclic) bond motifs is 2. The van der Waals surface area contributed by atoms with Crippen LogP contribution in [0.3, 0.4) is 0 Å². The van der Waals surface area contributed by atoms with Crippen LogP contribution in [0.5, 0.6) is 0 Å². The Morgan fingerprint density at radius 3 is 1.61 bits per heavy atom. The molecule has 0 unspecified atom stereocenters. The zero-order valence-electron chi connectivity index (χ0n) is 29.1. The first-order chi connectivity index (χ1) is 24.3. The van der Waals surface area contributed by atoms with Gasteiger partial charge in [0.25, 0.3) is 11.1 Å². The van der Waals surface area contributed by atoms with E-state index < -0.39 is 46.5 Å². The number of halogens is 2. The Balaban J connectivity index is 0.000000205. The molecule has 264 valence electrons. The lowest BCUT2D eigenvalue weighted by Gasteiger charge is -2.24. The van der Waals surface area contributed by atoms with Crippen LogP contribution in [-0.2, 0) is 4.74 Å². The minimum absolute atomic E-state index is 0.0154. The van der Waals surface area contributed by atoms with Crippen LogP contribution < -0.4 is 22.2 Å². The number of benzene rings is 4. The molecule has 0 aliphatic carbocycles. The second-order valence-corrected chi connectivity index (χ2v) is 12.8. The predicted octanol–water partition coefficient (Wildman–Crippen LogP) is 7.44. The van der Waals surface area contributed by atoms with E-state index >= 15 is 0 Å². The molecule has 0 bridgehead atoms. The highest BCUT2D eigenvalue weighted by atomic mass is 19.1. The van der Waals surface area contributed by atoms with Crippen molar-refractivity contribution < 1.29 is 18.3 Å². The number of alkyl carbamates (subject to hydrolysis) is 1. The van der Waals surface area contributed by atoms with E-state index in [1.165, 1.54) is 33.4 Å².